The van der Waals surface area contributed by atoms with Crippen molar-refractivity contribution in [3.63, 3.8) is 0 Å². The van der Waals surface area contributed by atoms with Crippen LogP contribution in [0.5, 0.6) is 0 Å². The lowest BCUT2D eigenvalue weighted by atomic mass is 10.1. The Balaban J connectivity index is 2.07. The zero-order valence-electron chi connectivity index (χ0n) is 10.5. The van der Waals surface area contributed by atoms with E-state index in [1.165, 1.54) is 5.56 Å². The van der Waals surface area contributed by atoms with Crippen LogP contribution >= 0.6 is 11.6 Å². The molecule has 3 rings (SSSR count). The van der Waals surface area contributed by atoms with Gasteiger partial charge in [0.25, 0.3) is 0 Å². The second kappa shape index (κ2) is 4.90. The molecule has 94 valence electrons. The van der Waals surface area contributed by atoms with Gasteiger partial charge in [-0.3, -0.25) is 0 Å². The van der Waals surface area contributed by atoms with Crippen LogP contribution < -0.4 is 0 Å². The number of benzene rings is 2. The highest BCUT2D eigenvalue weighted by Crippen LogP contribution is 2.23. The Labute approximate surface area is 117 Å². The summed E-state index contributed by atoms with van der Waals surface area (Å²) in [6, 6.07) is 18.1. The van der Waals surface area contributed by atoms with Crippen LogP contribution in [0.15, 0.2) is 60.8 Å². The average molecular weight is 269 g/mol. The fraction of sp³-hybridized carbons (Fsp3) is 0.0625. The van der Waals surface area contributed by atoms with Crippen LogP contribution in [-0.4, -0.2) is 9.78 Å². The van der Waals surface area contributed by atoms with Crippen LogP contribution in [0.1, 0.15) is 5.56 Å². The predicted molar refractivity (Wildman–Crippen MR) is 78.7 cm³/mol. The van der Waals surface area contributed by atoms with Crippen molar-refractivity contribution in [2.24, 2.45) is 0 Å². The van der Waals surface area contributed by atoms with Gasteiger partial charge in [0, 0.05) is 10.6 Å². The zero-order valence-corrected chi connectivity index (χ0v) is 11.3. The van der Waals surface area contributed by atoms with Crippen LogP contribution in [0.2, 0.25) is 5.02 Å². The summed E-state index contributed by atoms with van der Waals surface area (Å²) < 4.78 is 1.93. The molecule has 1 heterocycles. The van der Waals surface area contributed by atoms with Gasteiger partial charge in [0.05, 0.1) is 17.6 Å². The first-order valence-corrected chi connectivity index (χ1v) is 6.49. The minimum atomic E-state index is 0.741. The topological polar surface area (TPSA) is 17.8 Å². The largest absolute Gasteiger partial charge is 0.233 e. The van der Waals surface area contributed by atoms with E-state index in [0.29, 0.717) is 0 Å². The van der Waals surface area contributed by atoms with Crippen LogP contribution in [0.4, 0.5) is 0 Å². The summed E-state index contributed by atoms with van der Waals surface area (Å²) in [7, 11) is 0. The fourth-order valence-corrected chi connectivity index (χ4v) is 2.16. The number of aromatic nitrogens is 2. The number of rotatable bonds is 2. The summed E-state index contributed by atoms with van der Waals surface area (Å²) in [6.45, 7) is 2.08. The molecule has 0 radical (unpaired) electrons. The van der Waals surface area contributed by atoms with E-state index in [2.05, 4.69) is 36.3 Å². The second-order valence-electron chi connectivity index (χ2n) is 4.47. The minimum Gasteiger partial charge on any atom is -0.233 e. The highest BCUT2D eigenvalue weighted by atomic mass is 35.5. The predicted octanol–water partition coefficient (Wildman–Crippen LogP) is 4.50. The Morgan fingerprint density at radius 1 is 0.895 bits per heavy atom. The van der Waals surface area contributed by atoms with Crippen molar-refractivity contribution in [3.05, 3.63) is 71.4 Å². The van der Waals surface area contributed by atoms with Gasteiger partial charge in [-0.2, -0.15) is 5.10 Å². The molecule has 0 amide bonds. The molecule has 0 atom stereocenters. The van der Waals surface area contributed by atoms with Gasteiger partial charge in [-0.25, -0.2) is 4.68 Å². The summed E-state index contributed by atoms with van der Waals surface area (Å²) in [5.41, 5.74) is 4.45. The van der Waals surface area contributed by atoms with Crippen LogP contribution in [0.3, 0.4) is 0 Å². The van der Waals surface area contributed by atoms with Crippen molar-refractivity contribution in [2.45, 2.75) is 6.92 Å². The zero-order chi connectivity index (χ0) is 13.2. The van der Waals surface area contributed by atoms with Crippen LogP contribution in [0.25, 0.3) is 16.9 Å². The first-order valence-electron chi connectivity index (χ1n) is 6.11. The standard InChI is InChI=1S/C16H13ClN2/c1-12-2-8-15(9-3-12)19-16(10-11-18-19)13-4-6-14(17)7-5-13/h2-11H,1H3. The monoisotopic (exact) mass is 268 g/mol. The smallest absolute Gasteiger partial charge is 0.0740 e. The molecule has 0 N–H and O–H groups in total. The van der Waals surface area contributed by atoms with Gasteiger partial charge in [0.1, 0.15) is 0 Å². The van der Waals surface area contributed by atoms with Gasteiger partial charge in [-0.1, -0.05) is 41.4 Å². The molecule has 19 heavy (non-hydrogen) atoms. The molecule has 0 spiro atoms. The average Bonchev–Trinajstić information content (AvgIpc) is 2.90. The normalized spacial score (nSPS) is 10.6. The number of nitrogens with zero attached hydrogens (tertiary/aromatic N) is 2. The Bertz CT molecular complexity index is 622. The molecular weight excluding hydrogens is 256 g/mol. The summed E-state index contributed by atoms with van der Waals surface area (Å²) in [6.07, 6.45) is 1.81. The van der Waals surface area contributed by atoms with Gasteiger partial charge in [0.2, 0.25) is 0 Å². The molecule has 2 nitrogen and oxygen atoms in total. The highest BCUT2D eigenvalue weighted by molar-refractivity contribution is 6.30. The van der Waals surface area contributed by atoms with E-state index in [1.54, 1.807) is 0 Å². The molecule has 0 aliphatic carbocycles. The maximum absolute atomic E-state index is 5.92. The van der Waals surface area contributed by atoms with Gasteiger partial charge >= 0.3 is 0 Å². The molecule has 0 saturated carbocycles. The Morgan fingerprint density at radius 3 is 2.26 bits per heavy atom. The molecule has 1 aromatic heterocycles. The van der Waals surface area contributed by atoms with Gasteiger partial charge in [-0.05, 0) is 37.3 Å². The van der Waals surface area contributed by atoms with E-state index in [0.717, 1.165) is 22.0 Å². The Hall–Kier alpha value is -2.06. The molecule has 0 aliphatic heterocycles. The van der Waals surface area contributed by atoms with E-state index >= 15 is 0 Å². The molecule has 0 bridgehead atoms. The molecule has 0 aliphatic rings. The highest BCUT2D eigenvalue weighted by Gasteiger charge is 2.07. The van der Waals surface area contributed by atoms with Crippen molar-refractivity contribution >= 4 is 11.6 Å². The quantitative estimate of drug-likeness (QED) is 0.669. The SMILES string of the molecule is Cc1ccc(-n2nccc2-c2ccc(Cl)cc2)cc1. The number of hydrogen-bond donors (Lipinski definition) is 0. The third-order valence-electron chi connectivity index (χ3n) is 3.06. The first kappa shape index (κ1) is 12.0. The van der Waals surface area contributed by atoms with E-state index in [9.17, 15) is 0 Å². The molecule has 0 fully saturated rings. The molecule has 2 aromatic carbocycles. The van der Waals surface area contributed by atoms with Crippen molar-refractivity contribution in [1.82, 2.24) is 9.78 Å². The van der Waals surface area contributed by atoms with Gasteiger partial charge in [-0.15, -0.1) is 0 Å². The minimum absolute atomic E-state index is 0.741. The molecule has 3 aromatic rings. The van der Waals surface area contributed by atoms with Crippen LogP contribution in [-0.2, 0) is 0 Å². The number of aryl methyl sites for hydroxylation is 1. The fourth-order valence-electron chi connectivity index (χ4n) is 2.03. The lowest BCUT2D eigenvalue weighted by Gasteiger charge is -2.08. The maximum atomic E-state index is 5.92. The van der Waals surface area contributed by atoms with E-state index in [1.807, 2.05) is 41.2 Å². The number of hydrogen-bond acceptors (Lipinski definition) is 1. The van der Waals surface area contributed by atoms with Gasteiger partial charge < -0.3 is 0 Å². The Morgan fingerprint density at radius 2 is 1.58 bits per heavy atom. The summed E-state index contributed by atoms with van der Waals surface area (Å²) in [5.74, 6) is 0. The number of halogens is 1. The van der Waals surface area contributed by atoms with E-state index in [-0.39, 0.29) is 0 Å². The molecule has 0 unspecified atom stereocenters. The third kappa shape index (κ3) is 2.40. The van der Waals surface area contributed by atoms with Crippen LogP contribution in [0, 0.1) is 6.92 Å². The molecular formula is C16H13ClN2. The van der Waals surface area contributed by atoms with Gasteiger partial charge in [0.15, 0.2) is 0 Å². The van der Waals surface area contributed by atoms with Crippen molar-refractivity contribution in [1.29, 1.82) is 0 Å². The first-order chi connectivity index (χ1) is 9.24. The van der Waals surface area contributed by atoms with Crippen molar-refractivity contribution in [3.8, 4) is 16.9 Å². The molecule has 3 heteroatoms. The van der Waals surface area contributed by atoms with E-state index in [4.69, 9.17) is 11.6 Å². The summed E-state index contributed by atoms with van der Waals surface area (Å²) in [4.78, 5) is 0. The second-order valence-corrected chi connectivity index (χ2v) is 4.91. The maximum Gasteiger partial charge on any atom is 0.0740 e. The molecule has 0 saturated heterocycles. The van der Waals surface area contributed by atoms with Crippen molar-refractivity contribution in [2.75, 3.05) is 0 Å². The lowest BCUT2D eigenvalue weighted by molar-refractivity contribution is 0.887. The summed E-state index contributed by atoms with van der Waals surface area (Å²) in [5, 5.41) is 5.14. The Kier molecular flexibility index (Phi) is 3.10. The lowest BCUT2D eigenvalue weighted by Crippen LogP contribution is -1.98. The van der Waals surface area contributed by atoms with E-state index < -0.39 is 0 Å². The third-order valence-corrected chi connectivity index (χ3v) is 3.31. The van der Waals surface area contributed by atoms with Crippen molar-refractivity contribution < 1.29 is 0 Å². The summed E-state index contributed by atoms with van der Waals surface area (Å²) >= 11 is 5.92.